The molecule has 1 N–H and O–H groups in total. The lowest BCUT2D eigenvalue weighted by atomic mass is 10.1. The molecule has 1 aromatic heterocycles. The molecule has 2 aromatic carbocycles. The number of H-pyrrole nitrogens is 1. The van der Waals surface area contributed by atoms with Gasteiger partial charge in [-0.05, 0) is 35.9 Å². The summed E-state index contributed by atoms with van der Waals surface area (Å²) in [6.45, 7) is 4.78. The van der Waals surface area contributed by atoms with Crippen LogP contribution in [0, 0.1) is 6.92 Å². The van der Waals surface area contributed by atoms with Crippen LogP contribution in [0.25, 0.3) is 10.9 Å². The predicted molar refractivity (Wildman–Crippen MR) is 105 cm³/mol. The average Bonchev–Trinajstić information content (AvgIpc) is 2.63. The van der Waals surface area contributed by atoms with Crippen molar-refractivity contribution < 1.29 is 4.79 Å². The Morgan fingerprint density at radius 2 is 1.81 bits per heavy atom. The number of para-hydroxylation sites is 1. The summed E-state index contributed by atoms with van der Waals surface area (Å²) in [5.74, 6) is 0.0695. The molecule has 26 heavy (non-hydrogen) atoms. The van der Waals surface area contributed by atoms with Gasteiger partial charge in [-0.1, -0.05) is 55.5 Å². The first kappa shape index (κ1) is 17.9. The standard InChI is InChI=1S/C22H24N2O2/c1-3-8-20(25)24(14-17-10-5-4-6-11-17)15-19-13-18-12-7-9-16(2)21(18)23-22(19)26/h4-7,9-13H,3,8,14-15H2,1-2H3,(H,23,26). The van der Waals surface area contributed by atoms with E-state index in [-0.39, 0.29) is 11.5 Å². The zero-order valence-corrected chi connectivity index (χ0v) is 15.3. The average molecular weight is 348 g/mol. The summed E-state index contributed by atoms with van der Waals surface area (Å²) in [4.78, 5) is 29.9. The van der Waals surface area contributed by atoms with Gasteiger partial charge in [-0.15, -0.1) is 0 Å². The maximum absolute atomic E-state index is 12.6. The highest BCUT2D eigenvalue weighted by atomic mass is 16.2. The van der Waals surface area contributed by atoms with E-state index in [4.69, 9.17) is 0 Å². The quantitative estimate of drug-likeness (QED) is 0.727. The van der Waals surface area contributed by atoms with Crippen molar-refractivity contribution in [3.05, 3.63) is 81.6 Å². The van der Waals surface area contributed by atoms with Crippen LogP contribution in [-0.4, -0.2) is 15.8 Å². The van der Waals surface area contributed by atoms with Gasteiger partial charge in [0.1, 0.15) is 0 Å². The maximum atomic E-state index is 12.6. The van der Waals surface area contributed by atoms with Crippen LogP contribution in [0.2, 0.25) is 0 Å². The summed E-state index contributed by atoms with van der Waals surface area (Å²) in [5.41, 5.74) is 3.44. The molecule has 4 heteroatoms. The number of benzene rings is 2. The van der Waals surface area contributed by atoms with E-state index in [9.17, 15) is 9.59 Å². The predicted octanol–water partition coefficient (Wildman–Crippen LogP) is 4.17. The van der Waals surface area contributed by atoms with Gasteiger partial charge < -0.3 is 9.88 Å². The van der Waals surface area contributed by atoms with Crippen molar-refractivity contribution >= 4 is 16.8 Å². The highest BCUT2D eigenvalue weighted by Crippen LogP contribution is 2.17. The number of nitrogens with zero attached hydrogens (tertiary/aromatic N) is 1. The molecule has 0 aliphatic carbocycles. The number of aromatic nitrogens is 1. The molecule has 0 saturated heterocycles. The van der Waals surface area contributed by atoms with Crippen LogP contribution in [0.15, 0.2) is 59.4 Å². The number of carbonyl (C=O) groups excluding carboxylic acids is 1. The van der Waals surface area contributed by atoms with Crippen LogP contribution >= 0.6 is 0 Å². The van der Waals surface area contributed by atoms with Gasteiger partial charge in [0.05, 0.1) is 12.1 Å². The van der Waals surface area contributed by atoms with Crippen molar-refractivity contribution in [3.63, 3.8) is 0 Å². The Morgan fingerprint density at radius 3 is 2.54 bits per heavy atom. The second kappa shape index (κ2) is 8.00. The molecule has 1 heterocycles. The van der Waals surface area contributed by atoms with Crippen LogP contribution in [0.1, 0.15) is 36.5 Å². The summed E-state index contributed by atoms with van der Waals surface area (Å²) in [6.07, 6.45) is 1.27. The lowest BCUT2D eigenvalue weighted by Gasteiger charge is -2.23. The Labute approximate surface area is 153 Å². The highest BCUT2D eigenvalue weighted by Gasteiger charge is 2.16. The van der Waals surface area contributed by atoms with Crippen molar-refractivity contribution in [1.29, 1.82) is 0 Å². The van der Waals surface area contributed by atoms with Crippen LogP contribution in [0.5, 0.6) is 0 Å². The van der Waals surface area contributed by atoms with E-state index in [2.05, 4.69) is 4.98 Å². The summed E-state index contributed by atoms with van der Waals surface area (Å²) >= 11 is 0. The highest BCUT2D eigenvalue weighted by molar-refractivity contribution is 5.82. The number of pyridine rings is 1. The number of rotatable bonds is 6. The minimum absolute atomic E-state index is 0.0695. The molecule has 0 spiro atoms. The summed E-state index contributed by atoms with van der Waals surface area (Å²) < 4.78 is 0. The third-order valence-corrected chi connectivity index (χ3v) is 4.56. The van der Waals surface area contributed by atoms with Crippen molar-refractivity contribution in [1.82, 2.24) is 9.88 Å². The van der Waals surface area contributed by atoms with Gasteiger partial charge in [0.2, 0.25) is 5.91 Å². The van der Waals surface area contributed by atoms with Gasteiger partial charge in [-0.3, -0.25) is 9.59 Å². The fourth-order valence-corrected chi connectivity index (χ4v) is 3.16. The number of nitrogens with one attached hydrogen (secondary N) is 1. The summed E-state index contributed by atoms with van der Waals surface area (Å²) in [7, 11) is 0. The lowest BCUT2D eigenvalue weighted by Crippen LogP contribution is -2.32. The number of amides is 1. The van der Waals surface area contributed by atoms with E-state index in [1.54, 1.807) is 4.90 Å². The SMILES string of the molecule is CCCC(=O)N(Cc1ccccc1)Cc1cc2cccc(C)c2[nH]c1=O. The number of aromatic amines is 1. The number of carbonyl (C=O) groups is 1. The molecule has 0 bridgehead atoms. The first-order valence-corrected chi connectivity index (χ1v) is 9.01. The molecular formula is C22H24N2O2. The van der Waals surface area contributed by atoms with Gasteiger partial charge in [-0.2, -0.15) is 0 Å². The number of aryl methyl sites for hydroxylation is 1. The van der Waals surface area contributed by atoms with Crippen LogP contribution in [0.4, 0.5) is 0 Å². The van der Waals surface area contributed by atoms with Crippen LogP contribution in [0.3, 0.4) is 0 Å². The fraction of sp³-hybridized carbons (Fsp3) is 0.273. The van der Waals surface area contributed by atoms with Gasteiger partial charge >= 0.3 is 0 Å². The molecule has 4 nitrogen and oxygen atoms in total. The third kappa shape index (κ3) is 4.02. The Balaban J connectivity index is 1.93. The van der Waals surface area contributed by atoms with Gasteiger partial charge in [0.15, 0.2) is 0 Å². The molecule has 0 atom stereocenters. The van der Waals surface area contributed by atoms with Crippen LogP contribution in [-0.2, 0) is 17.9 Å². The first-order valence-electron chi connectivity index (χ1n) is 9.01. The van der Waals surface area contributed by atoms with E-state index >= 15 is 0 Å². The first-order chi connectivity index (χ1) is 12.6. The van der Waals surface area contributed by atoms with E-state index < -0.39 is 0 Å². The fourth-order valence-electron chi connectivity index (χ4n) is 3.16. The van der Waals surface area contributed by atoms with Crippen LogP contribution < -0.4 is 5.56 Å². The minimum Gasteiger partial charge on any atom is -0.334 e. The Hall–Kier alpha value is -2.88. The molecule has 0 radical (unpaired) electrons. The summed E-state index contributed by atoms with van der Waals surface area (Å²) in [5, 5.41) is 0.988. The van der Waals surface area contributed by atoms with E-state index in [0.717, 1.165) is 28.5 Å². The molecule has 134 valence electrons. The molecule has 0 unspecified atom stereocenters. The largest absolute Gasteiger partial charge is 0.334 e. The molecule has 0 saturated carbocycles. The van der Waals surface area contributed by atoms with Gasteiger partial charge in [-0.25, -0.2) is 0 Å². The van der Waals surface area contributed by atoms with Gasteiger partial charge in [0, 0.05) is 18.5 Å². The monoisotopic (exact) mass is 348 g/mol. The molecule has 0 aliphatic rings. The van der Waals surface area contributed by atoms with Crippen molar-refractivity contribution in [2.75, 3.05) is 0 Å². The van der Waals surface area contributed by atoms with Crippen molar-refractivity contribution in [2.45, 2.75) is 39.8 Å². The van der Waals surface area contributed by atoms with E-state index in [1.807, 2.05) is 68.4 Å². The number of fused-ring (bicyclic) bond motifs is 1. The molecule has 0 fully saturated rings. The molecule has 1 amide bonds. The van der Waals surface area contributed by atoms with Crippen molar-refractivity contribution in [3.8, 4) is 0 Å². The Bertz CT molecular complexity index is 961. The normalized spacial score (nSPS) is 10.8. The van der Waals surface area contributed by atoms with E-state index in [1.165, 1.54) is 0 Å². The molecule has 3 aromatic rings. The maximum Gasteiger partial charge on any atom is 0.253 e. The Kier molecular flexibility index (Phi) is 5.52. The zero-order chi connectivity index (χ0) is 18.5. The molecular weight excluding hydrogens is 324 g/mol. The number of hydrogen-bond donors (Lipinski definition) is 1. The second-order valence-electron chi connectivity index (χ2n) is 6.65. The molecule has 0 aliphatic heterocycles. The second-order valence-corrected chi connectivity index (χ2v) is 6.65. The smallest absolute Gasteiger partial charge is 0.253 e. The zero-order valence-electron chi connectivity index (χ0n) is 15.3. The lowest BCUT2D eigenvalue weighted by molar-refractivity contribution is -0.132. The molecule has 3 rings (SSSR count). The Morgan fingerprint density at radius 1 is 1.04 bits per heavy atom. The topological polar surface area (TPSA) is 53.2 Å². The van der Waals surface area contributed by atoms with E-state index in [0.29, 0.717) is 25.1 Å². The minimum atomic E-state index is -0.130. The van der Waals surface area contributed by atoms with Crippen molar-refractivity contribution in [2.24, 2.45) is 0 Å². The summed E-state index contributed by atoms with van der Waals surface area (Å²) in [6, 6.07) is 17.7. The third-order valence-electron chi connectivity index (χ3n) is 4.56. The van der Waals surface area contributed by atoms with Gasteiger partial charge in [0.25, 0.3) is 5.56 Å². The number of hydrogen-bond acceptors (Lipinski definition) is 2.